The smallest absolute Gasteiger partial charge is 0.322 e. The highest BCUT2D eigenvalue weighted by molar-refractivity contribution is 5.95. The highest BCUT2D eigenvalue weighted by atomic mass is 16.5. The Morgan fingerprint density at radius 1 is 1.03 bits per heavy atom. The molecule has 2 amide bonds. The van der Waals surface area contributed by atoms with Crippen LogP contribution in [0.15, 0.2) is 47.2 Å². The molecule has 3 aromatic rings. The Balaban J connectivity index is 1.34. The number of amides is 2. The van der Waals surface area contributed by atoms with E-state index >= 15 is 0 Å². The van der Waals surface area contributed by atoms with Crippen LogP contribution in [0.3, 0.4) is 0 Å². The summed E-state index contributed by atoms with van der Waals surface area (Å²) in [5.74, 6) is 1.24. The molecule has 2 aliphatic rings. The lowest BCUT2D eigenvalue weighted by atomic mass is 9.69. The molecule has 1 spiro atoms. The maximum atomic E-state index is 13.0. The number of anilines is 1. The highest BCUT2D eigenvalue weighted by Gasteiger charge is 2.50. The Morgan fingerprint density at radius 3 is 2.27 bits per heavy atom. The summed E-state index contributed by atoms with van der Waals surface area (Å²) in [7, 11) is 4.31. The lowest BCUT2D eigenvalue weighted by Gasteiger charge is -2.48. The fourth-order valence-electron chi connectivity index (χ4n) is 5.48. The van der Waals surface area contributed by atoms with Crippen molar-refractivity contribution in [2.24, 2.45) is 0 Å². The summed E-state index contributed by atoms with van der Waals surface area (Å²) in [4.78, 5) is 26.1. The van der Waals surface area contributed by atoms with Gasteiger partial charge in [-0.25, -0.2) is 14.8 Å². The second-order valence-electron chi connectivity index (χ2n) is 9.55. The van der Waals surface area contributed by atoms with Gasteiger partial charge in [-0.1, -0.05) is 35.5 Å². The minimum Gasteiger partial charge on any atom is -0.361 e. The molecule has 172 valence electrons. The van der Waals surface area contributed by atoms with Crippen molar-refractivity contribution in [1.29, 1.82) is 0 Å². The predicted molar refractivity (Wildman–Crippen MR) is 126 cm³/mol. The number of urea groups is 1. The second-order valence-corrected chi connectivity index (χ2v) is 9.55. The number of nitrogens with one attached hydrogen (secondary N) is 1. The third-order valence-corrected chi connectivity index (χ3v) is 7.49. The van der Waals surface area contributed by atoms with Gasteiger partial charge in [0.1, 0.15) is 5.76 Å². The fraction of sp³-hybridized carbons (Fsp3) is 0.440. The van der Waals surface area contributed by atoms with Crippen molar-refractivity contribution in [2.45, 2.75) is 50.6 Å². The van der Waals surface area contributed by atoms with E-state index in [1.165, 1.54) is 5.56 Å². The third kappa shape index (κ3) is 3.58. The normalized spacial score (nSPS) is 25.1. The summed E-state index contributed by atoms with van der Waals surface area (Å²) in [6.45, 7) is 4.34. The van der Waals surface area contributed by atoms with E-state index in [2.05, 4.69) is 69.8 Å². The molecule has 8 heteroatoms. The molecule has 1 aromatic carbocycles. The molecule has 1 aliphatic carbocycles. The molecule has 33 heavy (non-hydrogen) atoms. The Bertz CT molecular complexity index is 1130. The Labute approximate surface area is 194 Å². The van der Waals surface area contributed by atoms with Crippen molar-refractivity contribution in [2.75, 3.05) is 25.5 Å². The van der Waals surface area contributed by atoms with Crippen molar-refractivity contribution < 1.29 is 9.32 Å². The van der Waals surface area contributed by atoms with Crippen LogP contribution in [0.2, 0.25) is 0 Å². The topological polar surface area (TPSA) is 87.4 Å². The summed E-state index contributed by atoms with van der Waals surface area (Å²) >= 11 is 0. The van der Waals surface area contributed by atoms with Gasteiger partial charge in [-0.2, -0.15) is 0 Å². The van der Waals surface area contributed by atoms with Crippen LogP contribution in [0.1, 0.15) is 42.7 Å². The molecule has 0 radical (unpaired) electrons. The lowest BCUT2D eigenvalue weighted by molar-refractivity contribution is 0.0658. The van der Waals surface area contributed by atoms with Crippen LogP contribution in [0.5, 0.6) is 0 Å². The summed E-state index contributed by atoms with van der Waals surface area (Å²) < 4.78 is 5.23. The molecule has 1 saturated carbocycles. The van der Waals surface area contributed by atoms with Gasteiger partial charge in [0.05, 0.1) is 41.4 Å². The lowest BCUT2D eigenvalue weighted by Crippen LogP contribution is -2.54. The van der Waals surface area contributed by atoms with Crippen molar-refractivity contribution in [1.82, 2.24) is 25.3 Å². The van der Waals surface area contributed by atoms with Crippen LogP contribution in [-0.4, -0.2) is 52.2 Å². The van der Waals surface area contributed by atoms with Crippen LogP contribution in [-0.2, 0) is 5.54 Å². The zero-order valence-electron chi connectivity index (χ0n) is 19.6. The first-order valence-corrected chi connectivity index (χ1v) is 11.4. The first-order valence-electron chi connectivity index (χ1n) is 11.4. The van der Waals surface area contributed by atoms with E-state index in [4.69, 9.17) is 4.52 Å². The number of nitrogens with zero attached hydrogens (tertiary/aromatic N) is 5. The maximum absolute atomic E-state index is 13.0. The molecule has 1 aliphatic heterocycles. The monoisotopic (exact) mass is 446 g/mol. The van der Waals surface area contributed by atoms with Gasteiger partial charge < -0.3 is 9.84 Å². The van der Waals surface area contributed by atoms with Gasteiger partial charge in [-0.3, -0.25) is 9.80 Å². The molecular weight excluding hydrogens is 416 g/mol. The number of aromatic nitrogens is 3. The first-order chi connectivity index (χ1) is 15.8. The second kappa shape index (κ2) is 7.95. The minimum absolute atomic E-state index is 0.0102. The first kappa shape index (κ1) is 21.6. The van der Waals surface area contributed by atoms with Crippen LogP contribution >= 0.6 is 0 Å². The average Bonchev–Trinajstić information content (AvgIpc) is 3.33. The van der Waals surface area contributed by atoms with Gasteiger partial charge in [-0.15, -0.1) is 0 Å². The van der Waals surface area contributed by atoms with E-state index in [1.54, 1.807) is 17.3 Å². The van der Waals surface area contributed by atoms with Crippen LogP contribution in [0.4, 0.5) is 10.5 Å². The zero-order chi connectivity index (χ0) is 23.2. The van der Waals surface area contributed by atoms with Crippen LogP contribution < -0.4 is 10.2 Å². The summed E-state index contributed by atoms with van der Waals surface area (Å²) in [5.41, 5.74) is 3.36. The van der Waals surface area contributed by atoms with Crippen molar-refractivity contribution in [3.8, 4) is 11.4 Å². The number of carbonyl (C=O) groups excluding carboxylic acids is 1. The third-order valence-electron chi connectivity index (χ3n) is 7.49. The number of benzene rings is 1. The van der Waals surface area contributed by atoms with Gasteiger partial charge in [0.25, 0.3) is 0 Å². The van der Waals surface area contributed by atoms with E-state index in [0.717, 1.165) is 36.9 Å². The standard InChI is InChI=1S/C25H30N6O2/c1-17-21(18(2)33-29-17)22-26-14-20(15-27-22)31-16-24(28-23(31)32)10-12-25(13-11-24,30(3)4)19-8-6-5-7-9-19/h5-9,14-15H,10-13,16H2,1-4H3,(H,28,32)/t24-,25-. The molecular formula is C25H30N6O2. The quantitative estimate of drug-likeness (QED) is 0.651. The molecule has 0 atom stereocenters. The summed E-state index contributed by atoms with van der Waals surface area (Å²) in [5, 5.41) is 7.27. The molecule has 3 heterocycles. The predicted octanol–water partition coefficient (Wildman–Crippen LogP) is 4.05. The molecule has 1 saturated heterocycles. The van der Waals surface area contributed by atoms with Crippen molar-refractivity contribution in [3.63, 3.8) is 0 Å². The van der Waals surface area contributed by atoms with E-state index in [-0.39, 0.29) is 17.1 Å². The van der Waals surface area contributed by atoms with Crippen LogP contribution in [0.25, 0.3) is 11.4 Å². The van der Waals surface area contributed by atoms with Gasteiger partial charge in [0.2, 0.25) is 0 Å². The van der Waals surface area contributed by atoms with Crippen LogP contribution in [0, 0.1) is 13.8 Å². The van der Waals surface area contributed by atoms with Crippen molar-refractivity contribution >= 4 is 11.7 Å². The molecule has 0 bridgehead atoms. The Hall–Kier alpha value is -3.26. The van der Waals surface area contributed by atoms with E-state index < -0.39 is 0 Å². The van der Waals surface area contributed by atoms with Gasteiger partial charge >= 0.3 is 6.03 Å². The van der Waals surface area contributed by atoms with E-state index in [9.17, 15) is 4.79 Å². The van der Waals surface area contributed by atoms with Gasteiger partial charge in [0.15, 0.2) is 5.82 Å². The van der Waals surface area contributed by atoms with E-state index in [0.29, 0.717) is 23.8 Å². The minimum atomic E-state index is -0.230. The largest absolute Gasteiger partial charge is 0.361 e. The number of hydrogen-bond donors (Lipinski definition) is 1. The summed E-state index contributed by atoms with van der Waals surface area (Å²) in [6.07, 6.45) is 7.23. The zero-order valence-corrected chi connectivity index (χ0v) is 19.6. The molecule has 2 aromatic heterocycles. The van der Waals surface area contributed by atoms with E-state index in [1.807, 2.05) is 13.8 Å². The number of carbonyl (C=O) groups is 1. The number of aryl methyl sites for hydroxylation is 2. The SMILES string of the molecule is Cc1noc(C)c1-c1ncc(N2C[C@]3(CC[C@@](c4ccccc4)(N(C)C)CC3)NC2=O)cn1. The maximum Gasteiger partial charge on any atom is 0.322 e. The number of rotatable bonds is 4. The fourth-order valence-corrected chi connectivity index (χ4v) is 5.48. The molecule has 0 unspecified atom stereocenters. The van der Waals surface area contributed by atoms with Gasteiger partial charge in [0, 0.05) is 5.54 Å². The van der Waals surface area contributed by atoms with Gasteiger partial charge in [-0.05, 0) is 59.2 Å². The summed E-state index contributed by atoms with van der Waals surface area (Å²) in [6, 6.07) is 10.6. The highest BCUT2D eigenvalue weighted by Crippen LogP contribution is 2.46. The molecule has 2 fully saturated rings. The Kier molecular flexibility index (Phi) is 5.20. The molecule has 1 N–H and O–H groups in total. The molecule has 8 nitrogen and oxygen atoms in total. The number of hydrogen-bond acceptors (Lipinski definition) is 6. The average molecular weight is 447 g/mol. The van der Waals surface area contributed by atoms with Crippen molar-refractivity contribution in [3.05, 3.63) is 59.7 Å². The Morgan fingerprint density at radius 2 is 1.70 bits per heavy atom. The molecule has 5 rings (SSSR count).